The van der Waals surface area contributed by atoms with Crippen molar-refractivity contribution < 1.29 is 19.7 Å². The van der Waals surface area contributed by atoms with Gasteiger partial charge in [-0.2, -0.15) is 0 Å². The summed E-state index contributed by atoms with van der Waals surface area (Å²) in [6.07, 6.45) is 0.345. The molecule has 0 radical (unpaired) electrons. The van der Waals surface area contributed by atoms with Crippen LogP contribution >= 0.6 is 0 Å². The van der Waals surface area contributed by atoms with E-state index in [0.29, 0.717) is 19.4 Å². The van der Waals surface area contributed by atoms with Crippen LogP contribution in [-0.4, -0.2) is 35.5 Å². The maximum atomic E-state index is 10.5. The van der Waals surface area contributed by atoms with E-state index in [4.69, 9.17) is 14.9 Å². The Bertz CT molecular complexity index is 145. The molecule has 0 aromatic carbocycles. The maximum absolute atomic E-state index is 10.5. The van der Waals surface area contributed by atoms with Gasteiger partial charge in [0.25, 0.3) is 0 Å². The van der Waals surface area contributed by atoms with Crippen molar-refractivity contribution in [2.75, 3.05) is 13.2 Å². The summed E-state index contributed by atoms with van der Waals surface area (Å²) in [6, 6.07) is 0. The summed E-state index contributed by atoms with van der Waals surface area (Å²) in [4.78, 5) is 10.5. The van der Waals surface area contributed by atoms with Gasteiger partial charge in [0.2, 0.25) is 0 Å². The summed E-state index contributed by atoms with van der Waals surface area (Å²) in [5.74, 6) is -1.42. The Hall–Kier alpha value is -0.610. The number of aliphatic hydroxyl groups is 1. The molecule has 0 spiro atoms. The minimum absolute atomic E-state index is 0.229. The van der Waals surface area contributed by atoms with Gasteiger partial charge in [0.1, 0.15) is 0 Å². The number of aliphatic hydroxyl groups excluding tert-OH is 1. The van der Waals surface area contributed by atoms with E-state index < -0.39 is 18.0 Å². The molecule has 1 heterocycles. The zero-order chi connectivity index (χ0) is 8.27. The van der Waals surface area contributed by atoms with Gasteiger partial charge in [-0.15, -0.1) is 0 Å². The van der Waals surface area contributed by atoms with Crippen LogP contribution in [0, 0.1) is 5.92 Å². The number of aliphatic carboxylic acids is 1. The van der Waals surface area contributed by atoms with E-state index in [1.165, 1.54) is 0 Å². The van der Waals surface area contributed by atoms with E-state index in [2.05, 4.69) is 0 Å². The fourth-order valence-electron chi connectivity index (χ4n) is 1.13. The van der Waals surface area contributed by atoms with Crippen molar-refractivity contribution in [1.29, 1.82) is 0 Å². The molecule has 0 aromatic heterocycles. The molecule has 1 fully saturated rings. The fourth-order valence-corrected chi connectivity index (χ4v) is 1.13. The topological polar surface area (TPSA) is 66.8 Å². The summed E-state index contributed by atoms with van der Waals surface area (Å²) < 4.78 is 5.00. The highest BCUT2D eigenvalue weighted by Gasteiger charge is 2.24. The number of hydrogen-bond donors (Lipinski definition) is 2. The molecule has 2 N–H and O–H groups in total. The van der Waals surface area contributed by atoms with E-state index in [0.717, 1.165) is 0 Å². The first-order valence-electron chi connectivity index (χ1n) is 3.68. The van der Waals surface area contributed by atoms with Gasteiger partial charge in [0, 0.05) is 6.61 Å². The molecule has 4 nitrogen and oxygen atoms in total. The normalized spacial score (nSPS) is 32.8. The Balaban J connectivity index is 2.45. The molecule has 0 amide bonds. The standard InChI is InChI=1S/C7H12O4/c8-6-1-2-11-4-5(3-6)7(9)10/h5-6,8H,1-4H2,(H,9,10). The molecule has 1 aliphatic rings. The van der Waals surface area contributed by atoms with Crippen LogP contribution in [-0.2, 0) is 9.53 Å². The molecule has 1 saturated heterocycles. The van der Waals surface area contributed by atoms with E-state index in [1.54, 1.807) is 0 Å². The predicted molar refractivity (Wildman–Crippen MR) is 37.2 cm³/mol. The number of carboxylic acid groups (broad SMARTS) is 1. The molecule has 0 bridgehead atoms. The lowest BCUT2D eigenvalue weighted by Crippen LogP contribution is -2.21. The summed E-state index contributed by atoms with van der Waals surface area (Å²) >= 11 is 0. The zero-order valence-electron chi connectivity index (χ0n) is 6.19. The van der Waals surface area contributed by atoms with Gasteiger partial charge < -0.3 is 14.9 Å². The van der Waals surface area contributed by atoms with Crippen LogP contribution in [0.5, 0.6) is 0 Å². The van der Waals surface area contributed by atoms with Crippen LogP contribution in [0.25, 0.3) is 0 Å². The minimum atomic E-state index is -0.883. The number of hydrogen-bond acceptors (Lipinski definition) is 3. The molecule has 2 unspecified atom stereocenters. The van der Waals surface area contributed by atoms with Gasteiger partial charge in [0.15, 0.2) is 0 Å². The highest BCUT2D eigenvalue weighted by Crippen LogP contribution is 2.14. The van der Waals surface area contributed by atoms with E-state index in [-0.39, 0.29) is 6.61 Å². The maximum Gasteiger partial charge on any atom is 0.308 e. The van der Waals surface area contributed by atoms with E-state index in [1.807, 2.05) is 0 Å². The monoisotopic (exact) mass is 160 g/mol. The van der Waals surface area contributed by atoms with Crippen LogP contribution < -0.4 is 0 Å². The van der Waals surface area contributed by atoms with Gasteiger partial charge in [0.05, 0.1) is 18.6 Å². The molecular weight excluding hydrogens is 148 g/mol. The van der Waals surface area contributed by atoms with Crippen molar-refractivity contribution >= 4 is 5.97 Å². The molecule has 64 valence electrons. The number of rotatable bonds is 1. The highest BCUT2D eigenvalue weighted by molar-refractivity contribution is 5.70. The van der Waals surface area contributed by atoms with Crippen LogP contribution in [0.15, 0.2) is 0 Å². The second kappa shape index (κ2) is 3.69. The quantitative estimate of drug-likeness (QED) is 0.560. The molecular formula is C7H12O4. The Morgan fingerprint density at radius 3 is 2.91 bits per heavy atom. The Kier molecular flexibility index (Phi) is 2.84. The largest absolute Gasteiger partial charge is 0.481 e. The fraction of sp³-hybridized carbons (Fsp3) is 0.857. The van der Waals surface area contributed by atoms with Crippen molar-refractivity contribution in [1.82, 2.24) is 0 Å². The number of carbonyl (C=O) groups is 1. The Labute approximate surface area is 64.8 Å². The highest BCUT2D eigenvalue weighted by atomic mass is 16.5. The van der Waals surface area contributed by atoms with Crippen molar-refractivity contribution in [3.63, 3.8) is 0 Å². The smallest absolute Gasteiger partial charge is 0.308 e. The molecule has 1 aliphatic heterocycles. The number of ether oxygens (including phenoxy) is 1. The molecule has 2 atom stereocenters. The molecule has 11 heavy (non-hydrogen) atoms. The summed E-state index contributed by atoms with van der Waals surface area (Å²) in [5.41, 5.74) is 0. The van der Waals surface area contributed by atoms with Crippen molar-refractivity contribution in [2.45, 2.75) is 18.9 Å². The molecule has 4 heteroatoms. The first kappa shape index (κ1) is 8.49. The Morgan fingerprint density at radius 2 is 2.27 bits per heavy atom. The zero-order valence-corrected chi connectivity index (χ0v) is 6.19. The van der Waals surface area contributed by atoms with Gasteiger partial charge >= 0.3 is 5.97 Å². The number of carboxylic acids is 1. The van der Waals surface area contributed by atoms with Crippen molar-refractivity contribution in [3.05, 3.63) is 0 Å². The summed E-state index contributed by atoms with van der Waals surface area (Å²) in [6.45, 7) is 0.692. The average molecular weight is 160 g/mol. The lowest BCUT2D eigenvalue weighted by Gasteiger charge is -2.09. The van der Waals surface area contributed by atoms with Gasteiger partial charge in [-0.05, 0) is 12.8 Å². The summed E-state index contributed by atoms with van der Waals surface area (Å²) in [7, 11) is 0. The van der Waals surface area contributed by atoms with Crippen molar-refractivity contribution in [3.8, 4) is 0 Å². The lowest BCUT2D eigenvalue weighted by atomic mass is 10.0. The van der Waals surface area contributed by atoms with E-state index in [9.17, 15) is 4.79 Å². The van der Waals surface area contributed by atoms with Gasteiger partial charge in [-0.1, -0.05) is 0 Å². The Morgan fingerprint density at radius 1 is 1.55 bits per heavy atom. The molecule has 0 aliphatic carbocycles. The summed E-state index contributed by atoms with van der Waals surface area (Å²) in [5, 5.41) is 17.8. The average Bonchev–Trinajstić information content (AvgIpc) is 2.13. The SMILES string of the molecule is O=C(O)C1COCCC(O)C1. The van der Waals surface area contributed by atoms with Gasteiger partial charge in [-0.3, -0.25) is 4.79 Å². The van der Waals surface area contributed by atoms with Crippen LogP contribution in [0.4, 0.5) is 0 Å². The molecule has 0 aromatic rings. The van der Waals surface area contributed by atoms with Crippen LogP contribution in [0.1, 0.15) is 12.8 Å². The third-order valence-corrected chi connectivity index (χ3v) is 1.82. The minimum Gasteiger partial charge on any atom is -0.481 e. The van der Waals surface area contributed by atoms with Crippen LogP contribution in [0.3, 0.4) is 0 Å². The lowest BCUT2D eigenvalue weighted by molar-refractivity contribution is -0.144. The first-order valence-corrected chi connectivity index (χ1v) is 3.68. The van der Waals surface area contributed by atoms with Crippen LogP contribution in [0.2, 0.25) is 0 Å². The van der Waals surface area contributed by atoms with Crippen molar-refractivity contribution in [2.24, 2.45) is 5.92 Å². The second-order valence-electron chi connectivity index (χ2n) is 2.79. The predicted octanol–water partition coefficient (Wildman–Crippen LogP) is -0.142. The van der Waals surface area contributed by atoms with E-state index >= 15 is 0 Å². The van der Waals surface area contributed by atoms with Gasteiger partial charge in [-0.25, -0.2) is 0 Å². The third-order valence-electron chi connectivity index (χ3n) is 1.82. The third kappa shape index (κ3) is 2.48. The first-order chi connectivity index (χ1) is 5.20. The molecule has 1 rings (SSSR count). The second-order valence-corrected chi connectivity index (χ2v) is 2.79. The molecule has 0 saturated carbocycles.